The summed E-state index contributed by atoms with van der Waals surface area (Å²) in [4.78, 5) is 38.5. The van der Waals surface area contributed by atoms with Gasteiger partial charge in [-0.25, -0.2) is 0 Å². The summed E-state index contributed by atoms with van der Waals surface area (Å²) in [5, 5.41) is 21.8. The van der Waals surface area contributed by atoms with Crippen molar-refractivity contribution in [2.24, 2.45) is 11.7 Å². The highest BCUT2D eigenvalue weighted by atomic mass is 16.5. The maximum Gasteiger partial charge on any atom is 0.202 e. The maximum atomic E-state index is 13.2. The minimum absolute atomic E-state index is 0.0394. The fourth-order valence-electron chi connectivity index (χ4n) is 5.80. The number of ketones is 3. The van der Waals surface area contributed by atoms with Gasteiger partial charge in [0.15, 0.2) is 11.6 Å². The lowest BCUT2D eigenvalue weighted by Gasteiger charge is -2.29. The highest BCUT2D eigenvalue weighted by Gasteiger charge is 2.41. The van der Waals surface area contributed by atoms with Crippen LogP contribution in [-0.4, -0.2) is 66.6 Å². The van der Waals surface area contributed by atoms with Crippen molar-refractivity contribution in [3.63, 3.8) is 0 Å². The minimum Gasteiger partial charge on any atom is -0.507 e. The largest absolute Gasteiger partial charge is 0.507 e. The van der Waals surface area contributed by atoms with Crippen LogP contribution in [0.4, 0.5) is 0 Å². The summed E-state index contributed by atoms with van der Waals surface area (Å²) in [6, 6.07) is 5.00. The van der Waals surface area contributed by atoms with Gasteiger partial charge in [0.1, 0.15) is 23.9 Å². The first-order chi connectivity index (χ1) is 18.1. The van der Waals surface area contributed by atoms with E-state index in [1.54, 1.807) is 12.1 Å². The smallest absolute Gasteiger partial charge is 0.202 e. The SMILES string of the molecule is CC1CC(N)CC(C)O1.COCC(=O)C1CCc2c(O)c3c(c(O)c2C1)C(=O)c1cccc(OC)c1C3=O. The number of fused-ring (bicyclic) bond motifs is 3. The van der Waals surface area contributed by atoms with Crippen molar-refractivity contribution >= 4 is 17.3 Å². The molecule has 1 heterocycles. The first-order valence-electron chi connectivity index (χ1n) is 12.9. The number of benzene rings is 2. The number of Topliss-reactive ketones (excluding diaryl/α,β-unsaturated/α-hetero) is 1. The van der Waals surface area contributed by atoms with Crippen LogP contribution in [0.2, 0.25) is 0 Å². The van der Waals surface area contributed by atoms with Gasteiger partial charge in [0, 0.05) is 35.8 Å². The van der Waals surface area contributed by atoms with Crippen molar-refractivity contribution in [3.8, 4) is 17.2 Å². The van der Waals surface area contributed by atoms with Gasteiger partial charge in [-0.05, 0) is 52.0 Å². The highest BCUT2D eigenvalue weighted by molar-refractivity contribution is 6.31. The lowest BCUT2D eigenvalue weighted by atomic mass is 9.75. The molecule has 0 radical (unpaired) electrons. The molecule has 3 atom stereocenters. The van der Waals surface area contributed by atoms with E-state index < -0.39 is 11.6 Å². The quantitative estimate of drug-likeness (QED) is 0.437. The van der Waals surface area contributed by atoms with Crippen molar-refractivity contribution in [1.82, 2.24) is 0 Å². The van der Waals surface area contributed by atoms with E-state index >= 15 is 0 Å². The number of rotatable bonds is 4. The molecule has 9 heteroatoms. The third-order valence-electron chi connectivity index (χ3n) is 7.50. The first-order valence-corrected chi connectivity index (χ1v) is 12.9. The van der Waals surface area contributed by atoms with Gasteiger partial charge in [0.25, 0.3) is 0 Å². The van der Waals surface area contributed by atoms with Gasteiger partial charge < -0.3 is 30.2 Å². The van der Waals surface area contributed by atoms with Crippen LogP contribution in [0.1, 0.15) is 76.1 Å². The van der Waals surface area contributed by atoms with Gasteiger partial charge >= 0.3 is 0 Å². The van der Waals surface area contributed by atoms with Crippen molar-refractivity contribution in [3.05, 3.63) is 51.6 Å². The number of aromatic hydroxyl groups is 2. The van der Waals surface area contributed by atoms with E-state index in [4.69, 9.17) is 19.9 Å². The lowest BCUT2D eigenvalue weighted by Crippen LogP contribution is -2.37. The molecule has 1 saturated heterocycles. The second-order valence-electron chi connectivity index (χ2n) is 10.3. The molecular formula is C29H35NO8. The van der Waals surface area contributed by atoms with E-state index in [0.717, 1.165) is 12.8 Å². The number of ether oxygens (including phenoxy) is 3. The summed E-state index contributed by atoms with van der Waals surface area (Å²) >= 11 is 0. The third-order valence-corrected chi connectivity index (χ3v) is 7.50. The summed E-state index contributed by atoms with van der Waals surface area (Å²) in [7, 11) is 2.83. The van der Waals surface area contributed by atoms with Crippen LogP contribution in [0, 0.1) is 5.92 Å². The van der Waals surface area contributed by atoms with Crippen LogP contribution < -0.4 is 10.5 Å². The lowest BCUT2D eigenvalue weighted by molar-refractivity contribution is -0.126. The van der Waals surface area contributed by atoms with Crippen molar-refractivity contribution in [1.29, 1.82) is 0 Å². The zero-order chi connectivity index (χ0) is 27.7. The molecule has 2 aliphatic carbocycles. The molecule has 3 unspecified atom stereocenters. The maximum absolute atomic E-state index is 13.2. The molecule has 0 amide bonds. The van der Waals surface area contributed by atoms with E-state index in [2.05, 4.69) is 13.8 Å². The Morgan fingerprint density at radius 1 is 1.00 bits per heavy atom. The average Bonchev–Trinajstić information content (AvgIpc) is 2.88. The molecule has 0 saturated carbocycles. The Bertz CT molecular complexity index is 1240. The van der Waals surface area contributed by atoms with Crippen LogP contribution in [-0.2, 0) is 27.1 Å². The monoisotopic (exact) mass is 525 g/mol. The summed E-state index contributed by atoms with van der Waals surface area (Å²) < 4.78 is 15.6. The van der Waals surface area contributed by atoms with E-state index in [1.807, 2.05) is 0 Å². The van der Waals surface area contributed by atoms with Gasteiger partial charge in [-0.1, -0.05) is 12.1 Å². The molecule has 2 aromatic carbocycles. The Labute approximate surface area is 221 Å². The van der Waals surface area contributed by atoms with E-state index in [9.17, 15) is 24.6 Å². The third kappa shape index (κ3) is 5.06. The molecule has 3 aliphatic rings. The van der Waals surface area contributed by atoms with Gasteiger partial charge in [0.2, 0.25) is 5.78 Å². The second kappa shape index (κ2) is 11.2. The molecular weight excluding hydrogens is 490 g/mol. The predicted octanol–water partition coefficient (Wildman–Crippen LogP) is 3.10. The van der Waals surface area contributed by atoms with Crippen LogP contribution in [0.3, 0.4) is 0 Å². The Morgan fingerprint density at radius 3 is 2.24 bits per heavy atom. The number of carbonyl (C=O) groups excluding carboxylic acids is 3. The van der Waals surface area contributed by atoms with E-state index in [0.29, 0.717) is 42.2 Å². The normalized spacial score (nSPS) is 23.9. The van der Waals surface area contributed by atoms with Gasteiger partial charge in [-0.15, -0.1) is 0 Å². The number of nitrogens with two attached hydrogens (primary N) is 1. The Morgan fingerprint density at radius 2 is 1.63 bits per heavy atom. The molecule has 9 nitrogen and oxygen atoms in total. The van der Waals surface area contributed by atoms with Crippen molar-refractivity contribution in [2.75, 3.05) is 20.8 Å². The molecule has 0 bridgehead atoms. The molecule has 1 fully saturated rings. The Balaban J connectivity index is 0.000000317. The summed E-state index contributed by atoms with van der Waals surface area (Å²) in [6.45, 7) is 4.12. The molecule has 204 valence electrons. The topological polar surface area (TPSA) is 145 Å². The highest BCUT2D eigenvalue weighted by Crippen LogP contribution is 2.47. The Kier molecular flexibility index (Phi) is 8.20. The average molecular weight is 526 g/mol. The zero-order valence-corrected chi connectivity index (χ0v) is 22.2. The summed E-state index contributed by atoms with van der Waals surface area (Å²) in [5.74, 6) is -2.03. The fourth-order valence-corrected chi connectivity index (χ4v) is 5.80. The first kappa shape index (κ1) is 27.8. The van der Waals surface area contributed by atoms with E-state index in [1.165, 1.54) is 20.3 Å². The molecule has 2 aromatic rings. The minimum atomic E-state index is -0.569. The molecule has 1 aliphatic heterocycles. The predicted molar refractivity (Wildman–Crippen MR) is 139 cm³/mol. The van der Waals surface area contributed by atoms with Crippen molar-refractivity contribution in [2.45, 2.75) is 64.2 Å². The molecule has 4 N–H and O–H groups in total. The van der Waals surface area contributed by atoms with Crippen LogP contribution in [0.15, 0.2) is 18.2 Å². The standard InChI is InChI=1S/C22H20O7.C7H15NO/c1-28-9-14(23)10-6-7-11-13(8-10)21(26)17-18(19(11)24)22(27)16-12(20(17)25)4-3-5-15(16)29-2;1-5-3-7(8)4-6(2)9-5/h3-5,10,24,26H,6-9H2,1-2H3;5-7H,3-4,8H2,1-2H3. The molecule has 5 rings (SSSR count). The van der Waals surface area contributed by atoms with E-state index in [-0.39, 0.29) is 64.2 Å². The van der Waals surface area contributed by atoms with Gasteiger partial charge in [0.05, 0.1) is 36.0 Å². The number of methoxy groups -OCH3 is 2. The molecule has 0 spiro atoms. The fraction of sp³-hybridized carbons (Fsp3) is 0.483. The number of hydrogen-bond acceptors (Lipinski definition) is 9. The van der Waals surface area contributed by atoms with Crippen LogP contribution in [0.5, 0.6) is 17.2 Å². The summed E-state index contributed by atoms with van der Waals surface area (Å²) in [5.41, 5.74) is 6.25. The summed E-state index contributed by atoms with van der Waals surface area (Å²) in [6.07, 6.45) is 3.71. The number of carbonyl (C=O) groups is 3. The van der Waals surface area contributed by atoms with Crippen molar-refractivity contribution < 1.29 is 38.8 Å². The van der Waals surface area contributed by atoms with Crippen LogP contribution in [0.25, 0.3) is 0 Å². The Hall–Kier alpha value is -3.27. The molecule has 0 aromatic heterocycles. The van der Waals surface area contributed by atoms with Gasteiger partial charge in [-0.2, -0.15) is 0 Å². The second-order valence-corrected chi connectivity index (χ2v) is 10.3. The number of hydrogen-bond donors (Lipinski definition) is 3. The molecule has 38 heavy (non-hydrogen) atoms. The van der Waals surface area contributed by atoms with Crippen LogP contribution >= 0.6 is 0 Å². The van der Waals surface area contributed by atoms with Gasteiger partial charge in [-0.3, -0.25) is 14.4 Å². The number of phenols is 2. The number of phenolic OH excluding ortho intramolecular Hbond substituents is 2. The zero-order valence-electron chi connectivity index (χ0n) is 22.2.